The van der Waals surface area contributed by atoms with Crippen molar-refractivity contribution in [2.24, 2.45) is 0 Å². The summed E-state index contributed by atoms with van der Waals surface area (Å²) in [6.45, 7) is 7.30. The largest absolute Gasteiger partial charge is 0.315 e. The first-order chi connectivity index (χ1) is 8.92. The summed E-state index contributed by atoms with van der Waals surface area (Å²) in [5.41, 5.74) is 0. The summed E-state index contributed by atoms with van der Waals surface area (Å²) in [6.07, 6.45) is 12.7. The van der Waals surface area contributed by atoms with E-state index in [0.29, 0.717) is 0 Å². The molecular weight excluding hydrogens is 220 g/mol. The molecule has 18 heavy (non-hydrogen) atoms. The molecule has 1 heterocycles. The molecule has 1 saturated heterocycles. The highest BCUT2D eigenvalue weighted by molar-refractivity contribution is 5.05. The molecule has 0 amide bonds. The van der Waals surface area contributed by atoms with Gasteiger partial charge in [-0.2, -0.15) is 0 Å². The van der Waals surface area contributed by atoms with Gasteiger partial charge in [0.15, 0.2) is 0 Å². The number of rotatable bonds is 5. The summed E-state index contributed by atoms with van der Waals surface area (Å²) in [5.74, 6) is 1.89. The van der Waals surface area contributed by atoms with Gasteiger partial charge in [0.2, 0.25) is 0 Å². The molecule has 0 aromatic rings. The van der Waals surface area contributed by atoms with Crippen LogP contribution in [0.3, 0.4) is 0 Å². The van der Waals surface area contributed by atoms with Crippen LogP contribution < -0.4 is 5.32 Å². The van der Waals surface area contributed by atoms with Crippen LogP contribution in [0, 0.1) is 5.92 Å². The summed E-state index contributed by atoms with van der Waals surface area (Å²) in [6, 6.07) is 0.829. The van der Waals surface area contributed by atoms with Gasteiger partial charge in [0.1, 0.15) is 0 Å². The molecule has 2 nitrogen and oxygen atoms in total. The van der Waals surface area contributed by atoms with E-state index in [-0.39, 0.29) is 0 Å². The minimum atomic E-state index is 0.829. The highest BCUT2D eigenvalue weighted by Gasteiger charge is 2.30. The fraction of sp³-hybridized carbons (Fsp3) is 0.938. The molecule has 0 spiro atoms. The molecule has 1 radical (unpaired) electrons. The van der Waals surface area contributed by atoms with Crippen LogP contribution in [0.5, 0.6) is 0 Å². The lowest BCUT2D eigenvalue weighted by Gasteiger charge is -2.39. The van der Waals surface area contributed by atoms with Gasteiger partial charge in [0, 0.05) is 19.1 Å². The van der Waals surface area contributed by atoms with Gasteiger partial charge in [-0.05, 0) is 44.7 Å². The standard InChI is InChI=1S/C16H31N2/c1-2-3-4-8-15-9-5-6-10-16(15)18-13-7-11-17-12-14-18/h16-17H,2-14H2,1H3. The van der Waals surface area contributed by atoms with Gasteiger partial charge in [0.05, 0.1) is 0 Å². The second-order valence-electron chi connectivity index (χ2n) is 6.02. The Kier molecular flexibility index (Phi) is 6.50. The van der Waals surface area contributed by atoms with Gasteiger partial charge >= 0.3 is 0 Å². The zero-order chi connectivity index (χ0) is 12.6. The number of nitrogens with zero attached hydrogens (tertiary/aromatic N) is 1. The molecule has 0 aromatic heterocycles. The predicted octanol–water partition coefficient (Wildman–Crippen LogP) is 3.38. The van der Waals surface area contributed by atoms with Crippen LogP contribution in [0.1, 0.15) is 64.7 Å². The lowest BCUT2D eigenvalue weighted by Crippen LogP contribution is -2.43. The smallest absolute Gasteiger partial charge is 0.0158 e. The molecule has 2 heteroatoms. The van der Waals surface area contributed by atoms with Gasteiger partial charge in [-0.25, -0.2) is 0 Å². The van der Waals surface area contributed by atoms with Crippen LogP contribution in [0.2, 0.25) is 0 Å². The third kappa shape index (κ3) is 4.24. The lowest BCUT2D eigenvalue weighted by atomic mass is 9.80. The van der Waals surface area contributed by atoms with E-state index in [9.17, 15) is 0 Å². The average Bonchev–Trinajstić information content (AvgIpc) is 2.68. The van der Waals surface area contributed by atoms with E-state index in [1.807, 2.05) is 5.92 Å². The maximum atomic E-state index is 3.53. The fourth-order valence-electron chi connectivity index (χ4n) is 3.57. The zero-order valence-corrected chi connectivity index (χ0v) is 12.2. The molecule has 1 aliphatic heterocycles. The van der Waals surface area contributed by atoms with E-state index in [1.165, 1.54) is 84.0 Å². The normalized spacial score (nSPS) is 28.2. The van der Waals surface area contributed by atoms with Crippen molar-refractivity contribution in [3.8, 4) is 0 Å². The topological polar surface area (TPSA) is 15.3 Å². The molecule has 1 atom stereocenters. The fourth-order valence-corrected chi connectivity index (χ4v) is 3.57. The molecule has 1 N–H and O–H groups in total. The van der Waals surface area contributed by atoms with Gasteiger partial charge < -0.3 is 5.32 Å². The first kappa shape index (κ1) is 14.3. The van der Waals surface area contributed by atoms with E-state index >= 15 is 0 Å². The summed E-state index contributed by atoms with van der Waals surface area (Å²) in [7, 11) is 0. The summed E-state index contributed by atoms with van der Waals surface area (Å²) in [4.78, 5) is 2.78. The van der Waals surface area contributed by atoms with Crippen molar-refractivity contribution in [1.82, 2.24) is 10.2 Å². The average molecular weight is 251 g/mol. The minimum Gasteiger partial charge on any atom is -0.315 e. The van der Waals surface area contributed by atoms with Crippen molar-refractivity contribution in [2.75, 3.05) is 26.2 Å². The number of nitrogens with one attached hydrogen (secondary N) is 1. The van der Waals surface area contributed by atoms with Crippen molar-refractivity contribution in [2.45, 2.75) is 70.8 Å². The van der Waals surface area contributed by atoms with Crippen molar-refractivity contribution in [1.29, 1.82) is 0 Å². The SMILES string of the molecule is CCCCC[C]1CCCCC1N1CCCNCC1. The molecular formula is C16H31N2. The lowest BCUT2D eigenvalue weighted by molar-refractivity contribution is 0.177. The summed E-state index contributed by atoms with van der Waals surface area (Å²) < 4.78 is 0. The summed E-state index contributed by atoms with van der Waals surface area (Å²) >= 11 is 0. The molecule has 2 aliphatic rings. The Morgan fingerprint density at radius 2 is 2.06 bits per heavy atom. The van der Waals surface area contributed by atoms with Crippen molar-refractivity contribution < 1.29 is 0 Å². The van der Waals surface area contributed by atoms with Crippen LogP contribution >= 0.6 is 0 Å². The Balaban J connectivity index is 1.85. The Hall–Kier alpha value is -0.0800. The number of hydrogen-bond donors (Lipinski definition) is 1. The second kappa shape index (κ2) is 8.16. The van der Waals surface area contributed by atoms with Gasteiger partial charge in [0.25, 0.3) is 0 Å². The highest BCUT2D eigenvalue weighted by atomic mass is 15.2. The molecule has 1 unspecified atom stereocenters. The van der Waals surface area contributed by atoms with Gasteiger partial charge in [-0.3, -0.25) is 4.90 Å². The van der Waals surface area contributed by atoms with Crippen molar-refractivity contribution >= 4 is 0 Å². The van der Waals surface area contributed by atoms with Crippen LogP contribution in [0.25, 0.3) is 0 Å². The number of hydrogen-bond acceptors (Lipinski definition) is 2. The third-order valence-electron chi connectivity index (χ3n) is 4.61. The van der Waals surface area contributed by atoms with E-state index in [4.69, 9.17) is 0 Å². The quantitative estimate of drug-likeness (QED) is 0.754. The van der Waals surface area contributed by atoms with Crippen LogP contribution in [0.15, 0.2) is 0 Å². The Morgan fingerprint density at radius 3 is 2.94 bits per heavy atom. The molecule has 1 aliphatic carbocycles. The zero-order valence-electron chi connectivity index (χ0n) is 12.2. The van der Waals surface area contributed by atoms with Crippen LogP contribution in [-0.2, 0) is 0 Å². The highest BCUT2D eigenvalue weighted by Crippen LogP contribution is 2.34. The maximum absolute atomic E-state index is 3.53. The first-order valence-corrected chi connectivity index (χ1v) is 8.21. The Morgan fingerprint density at radius 1 is 1.11 bits per heavy atom. The molecule has 0 bridgehead atoms. The van der Waals surface area contributed by atoms with E-state index in [1.54, 1.807) is 0 Å². The van der Waals surface area contributed by atoms with E-state index < -0.39 is 0 Å². The van der Waals surface area contributed by atoms with Gasteiger partial charge in [-0.15, -0.1) is 0 Å². The predicted molar refractivity (Wildman–Crippen MR) is 78.7 cm³/mol. The third-order valence-corrected chi connectivity index (χ3v) is 4.61. The molecule has 105 valence electrons. The molecule has 1 saturated carbocycles. The van der Waals surface area contributed by atoms with E-state index in [0.717, 1.165) is 6.04 Å². The van der Waals surface area contributed by atoms with Crippen LogP contribution in [-0.4, -0.2) is 37.1 Å². The second-order valence-corrected chi connectivity index (χ2v) is 6.02. The van der Waals surface area contributed by atoms with Crippen molar-refractivity contribution in [3.63, 3.8) is 0 Å². The Labute approximate surface area is 114 Å². The van der Waals surface area contributed by atoms with Gasteiger partial charge in [-0.1, -0.05) is 39.0 Å². The molecule has 2 rings (SSSR count). The van der Waals surface area contributed by atoms with Crippen molar-refractivity contribution in [3.05, 3.63) is 5.92 Å². The molecule has 2 fully saturated rings. The minimum absolute atomic E-state index is 0.829. The van der Waals surface area contributed by atoms with Crippen LogP contribution in [0.4, 0.5) is 0 Å². The first-order valence-electron chi connectivity index (χ1n) is 8.21. The number of unbranched alkanes of at least 4 members (excludes halogenated alkanes) is 2. The summed E-state index contributed by atoms with van der Waals surface area (Å²) in [5, 5.41) is 3.53. The maximum Gasteiger partial charge on any atom is 0.0158 e. The molecule has 0 aromatic carbocycles. The Bertz CT molecular complexity index is 209. The monoisotopic (exact) mass is 251 g/mol. The van der Waals surface area contributed by atoms with E-state index in [2.05, 4.69) is 17.1 Å².